The topological polar surface area (TPSA) is 52.7 Å². The van der Waals surface area contributed by atoms with Gasteiger partial charge in [-0.25, -0.2) is 4.39 Å². The van der Waals surface area contributed by atoms with Gasteiger partial charge in [-0.05, 0) is 30.0 Å². The molecular formula is C26H32FN3O2. The normalized spacial score (nSPS) is 21.2. The van der Waals surface area contributed by atoms with Gasteiger partial charge < -0.3 is 9.80 Å². The van der Waals surface area contributed by atoms with E-state index in [0.29, 0.717) is 44.8 Å². The number of piperidine rings is 1. The number of amides is 2. The van der Waals surface area contributed by atoms with E-state index in [0.717, 1.165) is 12.0 Å². The quantitative estimate of drug-likeness (QED) is 0.747. The lowest BCUT2D eigenvalue weighted by Crippen LogP contribution is -2.60. The first-order chi connectivity index (χ1) is 15.4. The van der Waals surface area contributed by atoms with Crippen LogP contribution >= 0.6 is 0 Å². The summed E-state index contributed by atoms with van der Waals surface area (Å²) in [6.07, 6.45) is 2.93. The maximum Gasteiger partial charge on any atom is 0.256 e. The van der Waals surface area contributed by atoms with E-state index in [9.17, 15) is 14.0 Å². The Morgan fingerprint density at radius 3 is 2.44 bits per heavy atom. The van der Waals surface area contributed by atoms with Crippen molar-refractivity contribution in [1.29, 1.82) is 0 Å². The minimum Gasteiger partial charge on any atom is -0.338 e. The minimum absolute atomic E-state index is 0.109. The van der Waals surface area contributed by atoms with Crippen molar-refractivity contribution in [3.05, 3.63) is 71.5 Å². The summed E-state index contributed by atoms with van der Waals surface area (Å²) in [4.78, 5) is 30.1. The molecule has 2 amide bonds. The van der Waals surface area contributed by atoms with Crippen molar-refractivity contribution in [2.75, 3.05) is 19.6 Å². The molecular weight excluding hydrogens is 405 g/mol. The summed E-state index contributed by atoms with van der Waals surface area (Å²) in [5.41, 5.74) is 0.787. The number of nitrogens with zero attached hydrogens (tertiary/aromatic N) is 2. The molecule has 2 aliphatic heterocycles. The van der Waals surface area contributed by atoms with E-state index in [2.05, 4.69) is 31.3 Å². The highest BCUT2D eigenvalue weighted by Crippen LogP contribution is 2.35. The molecule has 0 saturated carbocycles. The lowest BCUT2D eigenvalue weighted by molar-refractivity contribution is -0.134. The molecule has 2 heterocycles. The molecule has 0 aromatic heterocycles. The van der Waals surface area contributed by atoms with Crippen molar-refractivity contribution < 1.29 is 14.0 Å². The summed E-state index contributed by atoms with van der Waals surface area (Å²) < 4.78 is 14.1. The summed E-state index contributed by atoms with van der Waals surface area (Å²) in [6.45, 7) is 5.99. The minimum atomic E-state index is -0.492. The van der Waals surface area contributed by atoms with Crippen molar-refractivity contribution in [2.45, 2.75) is 51.2 Å². The molecule has 0 aliphatic carbocycles. The molecule has 5 nitrogen and oxygen atoms in total. The Kier molecular flexibility index (Phi) is 6.60. The van der Waals surface area contributed by atoms with Gasteiger partial charge in [0.1, 0.15) is 5.82 Å². The Morgan fingerprint density at radius 1 is 1.12 bits per heavy atom. The Hall–Kier alpha value is -2.73. The molecule has 0 radical (unpaired) electrons. The van der Waals surface area contributed by atoms with Gasteiger partial charge in [-0.15, -0.1) is 0 Å². The Labute approximate surface area is 189 Å². The van der Waals surface area contributed by atoms with Crippen molar-refractivity contribution in [3.8, 4) is 0 Å². The molecule has 2 fully saturated rings. The monoisotopic (exact) mass is 437 g/mol. The number of benzene rings is 2. The van der Waals surface area contributed by atoms with Gasteiger partial charge in [0.25, 0.3) is 5.91 Å². The van der Waals surface area contributed by atoms with Crippen LogP contribution in [0.15, 0.2) is 54.6 Å². The molecule has 1 N–H and O–H groups in total. The van der Waals surface area contributed by atoms with Gasteiger partial charge in [-0.2, -0.15) is 0 Å². The molecule has 2 aliphatic rings. The van der Waals surface area contributed by atoms with Crippen LogP contribution in [0.5, 0.6) is 0 Å². The number of halogens is 1. The number of nitrogens with one attached hydrogen (secondary N) is 1. The van der Waals surface area contributed by atoms with Crippen LogP contribution in [0.1, 0.15) is 49.0 Å². The summed E-state index contributed by atoms with van der Waals surface area (Å²) >= 11 is 0. The molecule has 2 atom stereocenters. The number of hydrogen-bond acceptors (Lipinski definition) is 3. The molecule has 2 saturated heterocycles. The number of hydrogen-bond donors (Lipinski definition) is 1. The van der Waals surface area contributed by atoms with Gasteiger partial charge in [0, 0.05) is 32.5 Å². The maximum absolute atomic E-state index is 14.1. The summed E-state index contributed by atoms with van der Waals surface area (Å²) in [6, 6.07) is 15.9. The second-order valence-electron chi connectivity index (χ2n) is 9.15. The zero-order chi connectivity index (χ0) is 22.7. The number of carbonyl (C=O) groups excluding carboxylic acids is 2. The van der Waals surface area contributed by atoms with Crippen LogP contribution < -0.4 is 5.32 Å². The molecule has 2 aromatic rings. The third-order valence-corrected chi connectivity index (χ3v) is 6.98. The standard InChI is InChI=1S/C26H32FN3O2/c1-3-19(2)18-30-25(32)23(17-20-9-5-4-6-10-20)28-26(30)13-15-29(16-14-26)24(31)21-11-7-8-12-22(21)27/h4-12,19,23,28H,3,13-18H2,1-2H3/t19-,23-/m0/s1. The highest BCUT2D eigenvalue weighted by atomic mass is 19.1. The fourth-order valence-corrected chi connectivity index (χ4v) is 4.86. The lowest BCUT2D eigenvalue weighted by atomic mass is 9.94. The summed E-state index contributed by atoms with van der Waals surface area (Å²) in [5, 5.41) is 3.66. The molecule has 0 bridgehead atoms. The van der Waals surface area contributed by atoms with Crippen LogP contribution in [0.2, 0.25) is 0 Å². The average Bonchev–Trinajstić information content (AvgIpc) is 3.05. The Balaban J connectivity index is 1.51. The van der Waals surface area contributed by atoms with E-state index >= 15 is 0 Å². The summed E-state index contributed by atoms with van der Waals surface area (Å²) in [7, 11) is 0. The van der Waals surface area contributed by atoms with Crippen LogP contribution in [-0.4, -0.2) is 53.0 Å². The van der Waals surface area contributed by atoms with E-state index in [1.54, 1.807) is 17.0 Å². The Morgan fingerprint density at radius 2 is 1.78 bits per heavy atom. The van der Waals surface area contributed by atoms with Gasteiger partial charge in [-0.3, -0.25) is 14.9 Å². The fourth-order valence-electron chi connectivity index (χ4n) is 4.86. The largest absolute Gasteiger partial charge is 0.338 e. The van der Waals surface area contributed by atoms with Gasteiger partial charge in [0.15, 0.2) is 0 Å². The van der Waals surface area contributed by atoms with Crippen LogP contribution in [0.3, 0.4) is 0 Å². The molecule has 0 unspecified atom stereocenters. The van der Waals surface area contributed by atoms with E-state index in [4.69, 9.17) is 0 Å². The average molecular weight is 438 g/mol. The first-order valence-corrected chi connectivity index (χ1v) is 11.6. The van der Waals surface area contributed by atoms with Gasteiger partial charge in [-0.1, -0.05) is 62.7 Å². The Bertz CT molecular complexity index is 957. The smallest absolute Gasteiger partial charge is 0.256 e. The van der Waals surface area contributed by atoms with Crippen molar-refractivity contribution in [1.82, 2.24) is 15.1 Å². The van der Waals surface area contributed by atoms with Gasteiger partial charge in [0.05, 0.1) is 17.3 Å². The number of carbonyl (C=O) groups is 2. The fraction of sp³-hybridized carbons (Fsp3) is 0.462. The third-order valence-electron chi connectivity index (χ3n) is 6.98. The van der Waals surface area contributed by atoms with Gasteiger partial charge in [0.2, 0.25) is 5.91 Å². The third kappa shape index (κ3) is 4.42. The lowest BCUT2D eigenvalue weighted by Gasteiger charge is -2.45. The number of likely N-dealkylation sites (tertiary alicyclic amines) is 1. The highest BCUT2D eigenvalue weighted by Gasteiger charge is 2.51. The maximum atomic E-state index is 14.1. The highest BCUT2D eigenvalue weighted by molar-refractivity contribution is 5.94. The van der Waals surface area contributed by atoms with Crippen molar-refractivity contribution in [2.24, 2.45) is 5.92 Å². The molecule has 2 aromatic carbocycles. The predicted molar refractivity (Wildman–Crippen MR) is 123 cm³/mol. The first kappa shape index (κ1) is 22.5. The first-order valence-electron chi connectivity index (χ1n) is 11.6. The summed E-state index contributed by atoms with van der Waals surface area (Å²) in [5.74, 6) is -0.237. The van der Waals surface area contributed by atoms with Crippen LogP contribution in [0, 0.1) is 11.7 Å². The van der Waals surface area contributed by atoms with Crippen LogP contribution in [-0.2, 0) is 11.2 Å². The molecule has 170 valence electrons. The van der Waals surface area contributed by atoms with Crippen molar-refractivity contribution >= 4 is 11.8 Å². The van der Waals surface area contributed by atoms with E-state index in [1.165, 1.54) is 12.1 Å². The second-order valence-corrected chi connectivity index (χ2v) is 9.15. The predicted octanol–water partition coefficient (Wildman–Crippen LogP) is 3.85. The van der Waals surface area contributed by atoms with Gasteiger partial charge >= 0.3 is 0 Å². The number of rotatable bonds is 6. The molecule has 32 heavy (non-hydrogen) atoms. The van der Waals surface area contributed by atoms with E-state index in [1.807, 2.05) is 23.1 Å². The van der Waals surface area contributed by atoms with Crippen LogP contribution in [0.25, 0.3) is 0 Å². The van der Waals surface area contributed by atoms with E-state index < -0.39 is 11.5 Å². The second kappa shape index (κ2) is 9.41. The molecule has 4 rings (SSSR count). The van der Waals surface area contributed by atoms with Crippen LogP contribution in [0.4, 0.5) is 4.39 Å². The SMILES string of the molecule is CC[C@H](C)CN1C(=O)[C@H](Cc2ccccc2)NC12CCN(C(=O)c1ccccc1F)CC2. The zero-order valence-corrected chi connectivity index (χ0v) is 18.9. The molecule has 1 spiro atoms. The zero-order valence-electron chi connectivity index (χ0n) is 18.9. The molecule has 6 heteroatoms. The van der Waals surface area contributed by atoms with E-state index in [-0.39, 0.29) is 23.4 Å². The van der Waals surface area contributed by atoms with Crippen molar-refractivity contribution in [3.63, 3.8) is 0 Å².